The number of likely N-dealkylation sites (N-methyl/N-ethyl adjacent to an activating group) is 1. The lowest BCUT2D eigenvalue weighted by atomic mass is 9.74. The Kier molecular flexibility index (Phi) is 24.2. The van der Waals surface area contributed by atoms with Crippen LogP contribution in [0.3, 0.4) is 0 Å². The van der Waals surface area contributed by atoms with E-state index in [1.807, 2.05) is 100 Å². The summed E-state index contributed by atoms with van der Waals surface area (Å²) in [7, 11) is 5.27. The molecule has 1 fully saturated rings. The summed E-state index contributed by atoms with van der Waals surface area (Å²) in [6, 6.07) is 17.5. The highest BCUT2D eigenvalue weighted by atomic mass is 16.5. The number of unbranched alkanes of at least 4 members (excludes halogenated alkanes) is 3. The van der Waals surface area contributed by atoms with Gasteiger partial charge in [-0.3, -0.25) is 24.1 Å². The third kappa shape index (κ3) is 16.3. The van der Waals surface area contributed by atoms with Gasteiger partial charge < -0.3 is 35.2 Å². The highest BCUT2D eigenvalue weighted by Crippen LogP contribution is 2.35. The minimum atomic E-state index is -0.627. The molecule has 11 unspecified atom stereocenters. The van der Waals surface area contributed by atoms with E-state index in [1.165, 1.54) is 0 Å². The number of amides is 3. The maximum Gasteiger partial charge on any atom is 0.247 e. The average molecular weight is 972 g/mol. The van der Waals surface area contributed by atoms with Crippen LogP contribution in [0.4, 0.5) is 0 Å². The quantitative estimate of drug-likeness (QED) is 0.0525. The van der Waals surface area contributed by atoms with Crippen LogP contribution in [0.1, 0.15) is 138 Å². The standard InChI is InChI=1S/C56H89N7O7/c1-13-38(6)44(33-39(7)40(8)51(65)49(36(2)3)59-54(67)50(37(4)5)62(10)31-23-15-14-22-30-57)47(68-11)35-48(64)63-32-24-29-46(63)52(69-12)41(9)53(66)58-45(34-42-25-18-16-19-26-42)56-61-60-55(70-56)43-27-20-17-21-28-43/h16-21,25-28,36-41,44-47,49-50,52H,13-15,22-24,29-35,57H2,1-12H3,(H,58,66)(H,59,67). The molecule has 1 saturated heterocycles. The van der Waals surface area contributed by atoms with Crippen molar-refractivity contribution in [2.24, 2.45) is 47.2 Å². The Morgan fingerprint density at radius 3 is 2.07 bits per heavy atom. The van der Waals surface area contributed by atoms with Gasteiger partial charge in [-0.2, -0.15) is 0 Å². The van der Waals surface area contributed by atoms with E-state index in [0.29, 0.717) is 44.1 Å². The molecule has 3 amide bonds. The topological polar surface area (TPSA) is 182 Å². The highest BCUT2D eigenvalue weighted by Gasteiger charge is 2.43. The maximum absolute atomic E-state index is 14.5. The number of aromatic nitrogens is 2. The van der Waals surface area contributed by atoms with E-state index in [1.54, 1.807) is 14.2 Å². The molecule has 14 heteroatoms. The normalized spacial score (nSPS) is 18.5. The molecule has 2 aromatic carbocycles. The first-order chi connectivity index (χ1) is 33.5. The number of benzene rings is 2. The van der Waals surface area contributed by atoms with Crippen LogP contribution >= 0.6 is 0 Å². The fourth-order valence-corrected chi connectivity index (χ4v) is 10.5. The molecular weight excluding hydrogens is 883 g/mol. The van der Waals surface area contributed by atoms with Crippen LogP contribution in [0.2, 0.25) is 0 Å². The summed E-state index contributed by atoms with van der Waals surface area (Å²) in [4.78, 5) is 61.2. The predicted octanol–water partition coefficient (Wildman–Crippen LogP) is 8.69. The molecule has 2 heterocycles. The van der Waals surface area contributed by atoms with E-state index in [2.05, 4.69) is 60.3 Å². The van der Waals surface area contributed by atoms with Crippen molar-refractivity contribution in [1.29, 1.82) is 0 Å². The minimum Gasteiger partial charge on any atom is -0.418 e. The smallest absolute Gasteiger partial charge is 0.247 e. The SMILES string of the molecule is CCC(C)C(CC(C)C(C)C(=O)C(NC(=O)C(C(C)C)N(C)CCCCCCN)C(C)C)C(CC(=O)N1CCCC1C(OC)C(C)C(=O)NC(Cc1ccccc1)c1nnc(-c2ccccc2)o1)OC. The van der Waals surface area contributed by atoms with Crippen molar-refractivity contribution in [3.8, 4) is 11.5 Å². The Balaban J connectivity index is 1.45. The molecule has 390 valence electrons. The van der Waals surface area contributed by atoms with Crippen LogP contribution in [0, 0.1) is 41.4 Å². The highest BCUT2D eigenvalue weighted by molar-refractivity contribution is 5.92. The Labute approximate surface area is 420 Å². The third-order valence-electron chi connectivity index (χ3n) is 15.1. The Hall–Kier alpha value is -4.50. The molecule has 0 bridgehead atoms. The number of ether oxygens (including phenoxy) is 2. The summed E-state index contributed by atoms with van der Waals surface area (Å²) in [5.41, 5.74) is 7.47. The van der Waals surface area contributed by atoms with Crippen LogP contribution < -0.4 is 16.4 Å². The van der Waals surface area contributed by atoms with Gasteiger partial charge in [0.25, 0.3) is 0 Å². The van der Waals surface area contributed by atoms with Gasteiger partial charge in [0, 0.05) is 38.7 Å². The molecule has 0 spiro atoms. The summed E-state index contributed by atoms with van der Waals surface area (Å²) >= 11 is 0. The Bertz CT molecular complexity index is 2010. The lowest BCUT2D eigenvalue weighted by Crippen LogP contribution is -2.55. The zero-order valence-corrected chi connectivity index (χ0v) is 44.7. The van der Waals surface area contributed by atoms with E-state index in [4.69, 9.17) is 19.6 Å². The lowest BCUT2D eigenvalue weighted by Gasteiger charge is -2.37. The molecule has 70 heavy (non-hydrogen) atoms. The van der Waals surface area contributed by atoms with Gasteiger partial charge in [0.1, 0.15) is 6.04 Å². The van der Waals surface area contributed by atoms with Crippen molar-refractivity contribution >= 4 is 23.5 Å². The largest absolute Gasteiger partial charge is 0.418 e. The number of ketones is 1. The van der Waals surface area contributed by atoms with Crippen molar-refractivity contribution in [2.75, 3.05) is 40.9 Å². The molecule has 1 aromatic heterocycles. The summed E-state index contributed by atoms with van der Waals surface area (Å²) in [5, 5.41) is 15.1. The van der Waals surface area contributed by atoms with Crippen molar-refractivity contribution in [3.05, 3.63) is 72.1 Å². The van der Waals surface area contributed by atoms with Gasteiger partial charge in [0.2, 0.25) is 29.5 Å². The summed E-state index contributed by atoms with van der Waals surface area (Å²) < 4.78 is 18.5. The predicted molar refractivity (Wildman–Crippen MR) is 277 cm³/mol. The van der Waals surface area contributed by atoms with E-state index in [0.717, 1.165) is 56.2 Å². The molecule has 0 radical (unpaired) electrons. The van der Waals surface area contributed by atoms with Crippen molar-refractivity contribution in [2.45, 2.75) is 163 Å². The zero-order valence-electron chi connectivity index (χ0n) is 44.7. The second kappa shape index (κ2) is 29.1. The number of rotatable bonds is 31. The van der Waals surface area contributed by atoms with Crippen LogP contribution in [0.15, 0.2) is 65.1 Å². The first-order valence-corrected chi connectivity index (χ1v) is 26.3. The monoisotopic (exact) mass is 972 g/mol. The van der Waals surface area contributed by atoms with Gasteiger partial charge >= 0.3 is 0 Å². The van der Waals surface area contributed by atoms with Gasteiger partial charge in [0.05, 0.1) is 42.7 Å². The van der Waals surface area contributed by atoms with Gasteiger partial charge in [0.15, 0.2) is 5.78 Å². The van der Waals surface area contributed by atoms with E-state index in [9.17, 15) is 19.2 Å². The van der Waals surface area contributed by atoms with Crippen LogP contribution in [0.5, 0.6) is 0 Å². The molecule has 1 aliphatic rings. The number of carbonyl (C=O) groups is 4. The van der Waals surface area contributed by atoms with Crippen molar-refractivity contribution in [1.82, 2.24) is 30.6 Å². The number of hydrogen-bond acceptors (Lipinski definition) is 11. The first-order valence-electron chi connectivity index (χ1n) is 26.3. The van der Waals surface area contributed by atoms with Crippen molar-refractivity contribution in [3.63, 3.8) is 0 Å². The van der Waals surface area contributed by atoms with Crippen LogP contribution in [-0.4, -0.2) is 115 Å². The molecule has 11 atom stereocenters. The third-order valence-corrected chi connectivity index (χ3v) is 15.1. The minimum absolute atomic E-state index is 0.0160. The molecule has 0 aliphatic carbocycles. The number of nitrogens with two attached hydrogens (primary N) is 1. The van der Waals surface area contributed by atoms with Gasteiger partial charge in [-0.1, -0.05) is 130 Å². The molecule has 4 rings (SSSR count). The zero-order chi connectivity index (χ0) is 51.5. The van der Waals surface area contributed by atoms with Crippen LogP contribution in [0.25, 0.3) is 11.5 Å². The number of nitrogens with one attached hydrogen (secondary N) is 2. The number of likely N-dealkylation sites (tertiary alicyclic amines) is 1. The lowest BCUT2D eigenvalue weighted by molar-refractivity contribution is -0.143. The van der Waals surface area contributed by atoms with Gasteiger partial charge in [-0.15, -0.1) is 10.2 Å². The van der Waals surface area contributed by atoms with Crippen LogP contribution in [-0.2, 0) is 35.1 Å². The first kappa shape index (κ1) is 58.1. The van der Waals surface area contributed by atoms with E-state index >= 15 is 0 Å². The summed E-state index contributed by atoms with van der Waals surface area (Å²) in [6.45, 7) is 20.4. The second-order valence-electron chi connectivity index (χ2n) is 20.9. The molecule has 14 nitrogen and oxygen atoms in total. The average Bonchev–Trinajstić information content (AvgIpc) is 4.05. The van der Waals surface area contributed by atoms with E-state index < -0.39 is 30.2 Å². The number of Topliss-reactive ketones (excluding diaryl/α,β-unsaturated/α-hetero) is 1. The van der Waals surface area contributed by atoms with Crippen molar-refractivity contribution < 1.29 is 33.1 Å². The maximum atomic E-state index is 14.5. The second-order valence-corrected chi connectivity index (χ2v) is 20.9. The fraction of sp³-hybridized carbons (Fsp3) is 0.679. The summed E-state index contributed by atoms with van der Waals surface area (Å²) in [5.74, 6) is -0.557. The molecule has 4 N–H and O–H groups in total. The molecular formula is C56H89N7O7. The Morgan fingerprint density at radius 2 is 1.47 bits per heavy atom. The molecule has 0 saturated carbocycles. The molecule has 1 aliphatic heterocycles. The summed E-state index contributed by atoms with van der Waals surface area (Å²) in [6.07, 6.45) is 6.78. The van der Waals surface area contributed by atoms with E-state index in [-0.39, 0.29) is 77.5 Å². The fourth-order valence-electron chi connectivity index (χ4n) is 10.5. The number of carbonyl (C=O) groups excluding carboxylic acids is 4. The molecule has 3 aromatic rings. The van der Waals surface area contributed by atoms with Gasteiger partial charge in [-0.25, -0.2) is 0 Å². The number of hydrogen-bond donors (Lipinski definition) is 3. The number of methoxy groups -OCH3 is 2. The number of nitrogens with zero attached hydrogens (tertiary/aromatic N) is 4. The van der Waals surface area contributed by atoms with Gasteiger partial charge in [-0.05, 0) is 99.5 Å². The Morgan fingerprint density at radius 1 is 0.814 bits per heavy atom.